The third-order valence-electron chi connectivity index (χ3n) is 6.28. The third-order valence-corrected chi connectivity index (χ3v) is 6.28. The summed E-state index contributed by atoms with van der Waals surface area (Å²) in [6.45, 7) is 7.03. The average Bonchev–Trinajstić information content (AvgIpc) is 2.96. The van der Waals surface area contributed by atoms with Crippen molar-refractivity contribution in [2.45, 2.75) is 39.8 Å². The van der Waals surface area contributed by atoms with Crippen LogP contribution in [0, 0.1) is 24.0 Å². The molecule has 0 fully saturated rings. The van der Waals surface area contributed by atoms with Gasteiger partial charge in [0.1, 0.15) is 23.8 Å². The molecule has 0 bridgehead atoms. The van der Waals surface area contributed by atoms with Crippen LogP contribution in [0.15, 0.2) is 78.0 Å². The molecular formula is C31H31F2N7O2. The van der Waals surface area contributed by atoms with Crippen molar-refractivity contribution in [1.82, 2.24) is 9.97 Å². The molecule has 4 aromatic rings. The molecular weight excluding hydrogens is 540 g/mol. The van der Waals surface area contributed by atoms with Crippen molar-refractivity contribution in [3.8, 4) is 5.75 Å². The number of amides is 1. The van der Waals surface area contributed by atoms with E-state index in [0.717, 1.165) is 5.56 Å². The van der Waals surface area contributed by atoms with Crippen molar-refractivity contribution in [2.75, 3.05) is 16.0 Å². The highest BCUT2D eigenvalue weighted by molar-refractivity contribution is 6.17. The van der Waals surface area contributed by atoms with Gasteiger partial charge in [-0.2, -0.15) is 4.39 Å². The third kappa shape index (κ3) is 6.41. The number of benzene rings is 3. The maximum atomic E-state index is 15.2. The molecule has 216 valence electrons. The van der Waals surface area contributed by atoms with Gasteiger partial charge in [0.25, 0.3) is 0 Å². The van der Waals surface area contributed by atoms with Gasteiger partial charge in [-0.15, -0.1) is 0 Å². The first-order chi connectivity index (χ1) is 20.1. The Hall–Kier alpha value is -5.19. The number of rotatable bonds is 10. The monoisotopic (exact) mass is 571 g/mol. The number of carbonyl (C=O) groups is 1. The summed E-state index contributed by atoms with van der Waals surface area (Å²) >= 11 is 0. The van der Waals surface area contributed by atoms with Crippen molar-refractivity contribution in [3.05, 3.63) is 101 Å². The second-order valence-electron chi connectivity index (χ2n) is 9.70. The van der Waals surface area contributed by atoms with E-state index in [1.807, 2.05) is 37.3 Å². The van der Waals surface area contributed by atoms with Crippen LogP contribution in [-0.2, 0) is 4.79 Å². The summed E-state index contributed by atoms with van der Waals surface area (Å²) in [6, 6.07) is 18.2. The number of ether oxygens (including phenoxy) is 1. The molecule has 0 aliphatic heterocycles. The second kappa shape index (κ2) is 13.0. The number of nitrogens with two attached hydrogens (primary N) is 1. The number of nitrogens with one attached hydrogen (secondary N) is 2. The number of amidine groups is 1. The van der Waals surface area contributed by atoms with E-state index < -0.39 is 23.4 Å². The number of anilines is 3. The first-order valence-electron chi connectivity index (χ1n) is 13.2. The molecule has 1 atom stereocenters. The van der Waals surface area contributed by atoms with Gasteiger partial charge in [0, 0.05) is 11.3 Å². The lowest BCUT2D eigenvalue weighted by Crippen LogP contribution is -2.41. The predicted octanol–water partition coefficient (Wildman–Crippen LogP) is 6.04. The molecule has 1 aromatic heterocycles. The normalized spacial score (nSPS) is 12.1. The molecule has 3 aromatic carbocycles. The lowest BCUT2D eigenvalue weighted by molar-refractivity contribution is -0.106. The predicted molar refractivity (Wildman–Crippen MR) is 161 cm³/mol. The Morgan fingerprint density at radius 2 is 1.71 bits per heavy atom. The van der Waals surface area contributed by atoms with Crippen molar-refractivity contribution < 1.29 is 18.3 Å². The number of carbonyl (C=O) groups excluding carboxylic acids is 1. The zero-order valence-corrected chi connectivity index (χ0v) is 23.6. The largest absolute Gasteiger partial charge is 0.488 e. The van der Waals surface area contributed by atoms with E-state index in [9.17, 15) is 9.18 Å². The van der Waals surface area contributed by atoms with E-state index in [1.165, 1.54) is 23.4 Å². The van der Waals surface area contributed by atoms with Crippen molar-refractivity contribution in [1.29, 1.82) is 5.41 Å². The van der Waals surface area contributed by atoms with Crippen LogP contribution in [0.1, 0.15) is 37.5 Å². The minimum atomic E-state index is -1.27. The topological polar surface area (TPSA) is 130 Å². The molecule has 4 rings (SSSR count). The van der Waals surface area contributed by atoms with Gasteiger partial charge >= 0.3 is 0 Å². The Labute approximate surface area is 242 Å². The molecule has 42 heavy (non-hydrogen) atoms. The summed E-state index contributed by atoms with van der Waals surface area (Å²) < 4.78 is 35.3. The van der Waals surface area contributed by atoms with E-state index in [4.69, 9.17) is 20.9 Å². The van der Waals surface area contributed by atoms with Crippen LogP contribution >= 0.6 is 0 Å². The minimum absolute atomic E-state index is 0.0483. The van der Waals surface area contributed by atoms with E-state index in [-0.39, 0.29) is 34.6 Å². The molecule has 9 nitrogen and oxygen atoms in total. The first kappa shape index (κ1) is 29.8. The standard InChI is InChI=1S/C31H31F2N7O2/c1-18(2)42-24-15-14-22(26(32)27(24)33)28(34)25-29(35)36-16-37-30(25)38-20(4)31(39-23-13-9-8-10-19(23)3)40(17-41)21-11-6-5-7-12-21/h5-18,20,34H,1-4H3,(H3,35,36,37,38). The number of nitrogen functional groups attached to an aromatic ring is 1. The highest BCUT2D eigenvalue weighted by Gasteiger charge is 2.26. The zero-order chi connectivity index (χ0) is 30.4. The first-order valence-corrected chi connectivity index (χ1v) is 13.2. The van der Waals surface area contributed by atoms with Crippen LogP contribution in [0.4, 0.5) is 31.8 Å². The number of aromatic nitrogens is 2. The van der Waals surface area contributed by atoms with Crippen LogP contribution in [0.2, 0.25) is 0 Å². The summed E-state index contributed by atoms with van der Waals surface area (Å²) in [4.78, 5) is 26.8. The number of aryl methyl sites for hydroxylation is 1. The molecule has 0 spiro atoms. The zero-order valence-electron chi connectivity index (χ0n) is 23.6. The lowest BCUT2D eigenvalue weighted by atomic mass is 10.0. The van der Waals surface area contributed by atoms with E-state index in [0.29, 0.717) is 23.6 Å². The van der Waals surface area contributed by atoms with Gasteiger partial charge < -0.3 is 15.8 Å². The van der Waals surface area contributed by atoms with Crippen LogP contribution in [-0.4, -0.2) is 40.1 Å². The molecule has 1 heterocycles. The molecule has 11 heteroatoms. The Balaban J connectivity index is 1.77. The molecule has 0 saturated heterocycles. The summed E-state index contributed by atoms with van der Waals surface area (Å²) in [5.74, 6) is -2.50. The van der Waals surface area contributed by atoms with E-state index >= 15 is 4.39 Å². The molecule has 4 N–H and O–H groups in total. The van der Waals surface area contributed by atoms with Crippen LogP contribution in [0.3, 0.4) is 0 Å². The smallest absolute Gasteiger partial charge is 0.219 e. The van der Waals surface area contributed by atoms with Gasteiger partial charge in [-0.3, -0.25) is 15.1 Å². The summed E-state index contributed by atoms with van der Waals surface area (Å²) in [7, 11) is 0. The molecule has 1 amide bonds. The van der Waals surface area contributed by atoms with Gasteiger partial charge in [0.2, 0.25) is 12.2 Å². The SMILES string of the molecule is Cc1ccccc1N=C(C(C)Nc1ncnc(N)c1C(=N)c1ccc(OC(C)C)c(F)c1F)N(C=O)c1ccccc1. The Morgan fingerprint density at radius 1 is 1.02 bits per heavy atom. The fraction of sp³-hybridized carbons (Fsp3) is 0.194. The van der Waals surface area contributed by atoms with E-state index in [1.54, 1.807) is 45.0 Å². The Bertz CT molecular complexity index is 1630. The van der Waals surface area contributed by atoms with Gasteiger partial charge in [-0.05, 0) is 63.6 Å². The summed E-state index contributed by atoms with van der Waals surface area (Å²) in [6.07, 6.45) is 1.46. The number of hydrogen-bond acceptors (Lipinski definition) is 8. The van der Waals surface area contributed by atoms with Crippen LogP contribution in [0.5, 0.6) is 5.75 Å². The number of hydrogen-bond donors (Lipinski definition) is 3. The minimum Gasteiger partial charge on any atom is -0.488 e. The van der Waals surface area contributed by atoms with Crippen LogP contribution < -0.4 is 20.7 Å². The fourth-order valence-electron chi connectivity index (χ4n) is 4.24. The highest BCUT2D eigenvalue weighted by atomic mass is 19.2. The number of halogens is 2. The number of para-hydroxylation sites is 2. The second-order valence-corrected chi connectivity index (χ2v) is 9.70. The Morgan fingerprint density at radius 3 is 2.38 bits per heavy atom. The van der Waals surface area contributed by atoms with Crippen molar-refractivity contribution >= 4 is 41.0 Å². The fourth-order valence-corrected chi connectivity index (χ4v) is 4.24. The van der Waals surface area contributed by atoms with E-state index in [2.05, 4.69) is 15.3 Å². The van der Waals surface area contributed by atoms with Gasteiger partial charge in [-0.25, -0.2) is 19.4 Å². The van der Waals surface area contributed by atoms with Gasteiger partial charge in [0.15, 0.2) is 11.6 Å². The van der Waals surface area contributed by atoms with Gasteiger partial charge in [0.05, 0.1) is 29.1 Å². The van der Waals surface area contributed by atoms with Crippen molar-refractivity contribution in [2.24, 2.45) is 4.99 Å². The summed E-state index contributed by atoms with van der Waals surface area (Å²) in [5, 5.41) is 11.9. The average molecular weight is 572 g/mol. The van der Waals surface area contributed by atoms with Gasteiger partial charge in [-0.1, -0.05) is 36.4 Å². The molecule has 0 aliphatic carbocycles. The maximum Gasteiger partial charge on any atom is 0.219 e. The quantitative estimate of drug-likeness (QED) is 0.121. The number of aliphatic imine (C=N–C) groups is 1. The molecule has 1 unspecified atom stereocenters. The lowest BCUT2D eigenvalue weighted by Gasteiger charge is -2.26. The summed E-state index contributed by atoms with van der Waals surface area (Å²) in [5.41, 5.74) is 7.40. The molecule has 0 radical (unpaired) electrons. The van der Waals surface area contributed by atoms with Crippen LogP contribution in [0.25, 0.3) is 0 Å². The number of nitrogens with zero attached hydrogens (tertiary/aromatic N) is 4. The maximum absolute atomic E-state index is 15.2. The van der Waals surface area contributed by atoms with Crippen molar-refractivity contribution in [3.63, 3.8) is 0 Å². The highest BCUT2D eigenvalue weighted by Crippen LogP contribution is 2.29. The molecule has 0 aliphatic rings. The molecule has 0 saturated carbocycles. The Kier molecular flexibility index (Phi) is 9.21.